The second-order valence-electron chi connectivity index (χ2n) is 3.99. The summed E-state index contributed by atoms with van der Waals surface area (Å²) in [6.45, 7) is -0.0328. The molecule has 4 nitrogen and oxygen atoms in total. The molecule has 90 valence electrons. The van der Waals surface area contributed by atoms with Gasteiger partial charge in [0.1, 0.15) is 5.60 Å². The van der Waals surface area contributed by atoms with Crippen molar-refractivity contribution in [2.45, 2.75) is 44.1 Å². The zero-order chi connectivity index (χ0) is 11.9. The van der Waals surface area contributed by atoms with Gasteiger partial charge in [0.15, 0.2) is 6.61 Å². The molecule has 0 heterocycles. The van der Waals surface area contributed by atoms with Crippen LogP contribution in [0.2, 0.25) is 0 Å². The van der Waals surface area contributed by atoms with E-state index in [1.54, 1.807) is 0 Å². The van der Waals surface area contributed by atoms with E-state index in [9.17, 15) is 9.90 Å². The van der Waals surface area contributed by atoms with Crippen molar-refractivity contribution in [1.82, 2.24) is 0 Å². The summed E-state index contributed by atoms with van der Waals surface area (Å²) in [5, 5.41) is 10.1. The van der Waals surface area contributed by atoms with E-state index in [1.165, 1.54) is 7.11 Å². The molecule has 1 fully saturated rings. The van der Waals surface area contributed by atoms with Crippen LogP contribution < -0.4 is 0 Å². The fraction of sp³-hybridized carbons (Fsp3) is 0.750. The molecular weight excluding hydrogens is 208 g/mol. The second-order valence-corrected chi connectivity index (χ2v) is 3.99. The monoisotopic (exact) mass is 226 g/mol. The molecule has 1 rings (SSSR count). The van der Waals surface area contributed by atoms with Crippen LogP contribution in [0.1, 0.15) is 38.5 Å². The summed E-state index contributed by atoms with van der Waals surface area (Å²) in [6, 6.07) is 0. The highest BCUT2D eigenvalue weighted by Gasteiger charge is 2.25. The van der Waals surface area contributed by atoms with Gasteiger partial charge in [-0.2, -0.15) is 0 Å². The Morgan fingerprint density at radius 1 is 1.31 bits per heavy atom. The number of rotatable bonds is 1. The van der Waals surface area contributed by atoms with Crippen molar-refractivity contribution in [1.29, 1.82) is 0 Å². The molecule has 0 amide bonds. The third-order valence-corrected chi connectivity index (χ3v) is 2.68. The number of carbonyl (C=O) groups is 1. The summed E-state index contributed by atoms with van der Waals surface area (Å²) in [4.78, 5) is 10.6. The molecule has 0 bridgehead atoms. The Morgan fingerprint density at radius 3 is 2.50 bits per heavy atom. The number of hydrogen-bond acceptors (Lipinski definition) is 4. The average Bonchev–Trinajstić information content (AvgIpc) is 2.50. The van der Waals surface area contributed by atoms with E-state index < -0.39 is 11.8 Å². The summed E-state index contributed by atoms with van der Waals surface area (Å²) in [5.41, 5.74) is -0.893. The Bertz CT molecular complexity index is 279. The molecule has 0 atom stereocenters. The number of hydrogen-bond donors (Lipinski definition) is 1. The van der Waals surface area contributed by atoms with Gasteiger partial charge in [0.05, 0.1) is 7.11 Å². The topological polar surface area (TPSA) is 55.8 Å². The molecule has 1 aliphatic carbocycles. The Hall–Kier alpha value is -1.21. The van der Waals surface area contributed by atoms with Crippen LogP contribution in [0.4, 0.5) is 4.79 Å². The van der Waals surface area contributed by atoms with Crippen LogP contribution >= 0.6 is 0 Å². The van der Waals surface area contributed by atoms with Crippen molar-refractivity contribution in [2.75, 3.05) is 13.7 Å². The van der Waals surface area contributed by atoms with E-state index in [1.807, 2.05) is 0 Å². The fourth-order valence-electron chi connectivity index (χ4n) is 1.79. The van der Waals surface area contributed by atoms with E-state index >= 15 is 0 Å². The zero-order valence-electron chi connectivity index (χ0n) is 9.62. The largest absolute Gasteiger partial charge is 0.508 e. The summed E-state index contributed by atoms with van der Waals surface area (Å²) in [6.07, 6.45) is 4.98. The van der Waals surface area contributed by atoms with Gasteiger partial charge in [0, 0.05) is 0 Å². The van der Waals surface area contributed by atoms with Crippen LogP contribution in [-0.4, -0.2) is 30.6 Å². The first-order valence-corrected chi connectivity index (χ1v) is 5.59. The minimum atomic E-state index is -0.893. The molecule has 0 aliphatic heterocycles. The lowest BCUT2D eigenvalue weighted by molar-refractivity contribution is 0.0790. The summed E-state index contributed by atoms with van der Waals surface area (Å²) < 4.78 is 8.91. The molecular formula is C12H18O4. The molecule has 16 heavy (non-hydrogen) atoms. The molecule has 0 aromatic rings. The Kier molecular flexibility index (Phi) is 5.13. The first-order valence-electron chi connectivity index (χ1n) is 5.59. The molecule has 0 spiro atoms. The Morgan fingerprint density at radius 2 is 1.94 bits per heavy atom. The van der Waals surface area contributed by atoms with Gasteiger partial charge in [-0.25, -0.2) is 4.79 Å². The Labute approximate surface area is 95.9 Å². The molecule has 0 aromatic heterocycles. The highest BCUT2D eigenvalue weighted by atomic mass is 16.7. The van der Waals surface area contributed by atoms with Gasteiger partial charge >= 0.3 is 6.16 Å². The van der Waals surface area contributed by atoms with Crippen LogP contribution in [0.25, 0.3) is 0 Å². The van der Waals surface area contributed by atoms with E-state index in [4.69, 9.17) is 0 Å². The van der Waals surface area contributed by atoms with Crippen LogP contribution in [0.15, 0.2) is 0 Å². The van der Waals surface area contributed by atoms with E-state index in [2.05, 4.69) is 21.3 Å². The summed E-state index contributed by atoms with van der Waals surface area (Å²) in [7, 11) is 1.24. The smallest absolute Gasteiger partial charge is 0.438 e. The van der Waals surface area contributed by atoms with Crippen molar-refractivity contribution in [2.24, 2.45) is 0 Å². The number of methoxy groups -OCH3 is 1. The molecule has 0 radical (unpaired) electrons. The van der Waals surface area contributed by atoms with Gasteiger partial charge in [-0.1, -0.05) is 24.7 Å². The normalized spacial score (nSPS) is 18.9. The van der Waals surface area contributed by atoms with Crippen molar-refractivity contribution in [3.05, 3.63) is 0 Å². The maximum absolute atomic E-state index is 10.6. The predicted molar refractivity (Wildman–Crippen MR) is 58.8 cm³/mol. The SMILES string of the molecule is COC(=O)OCC#CC1(O)CCCCCC1. The third kappa shape index (κ3) is 4.54. The lowest BCUT2D eigenvalue weighted by atomic mass is 9.95. The van der Waals surface area contributed by atoms with E-state index in [0.29, 0.717) is 12.8 Å². The lowest BCUT2D eigenvalue weighted by Gasteiger charge is -2.19. The minimum Gasteiger partial charge on any atom is -0.438 e. The van der Waals surface area contributed by atoms with Crippen LogP contribution in [0, 0.1) is 11.8 Å². The van der Waals surface area contributed by atoms with Crippen molar-refractivity contribution in [3.8, 4) is 11.8 Å². The van der Waals surface area contributed by atoms with Gasteiger partial charge < -0.3 is 14.6 Å². The number of aliphatic hydroxyl groups is 1. The van der Waals surface area contributed by atoms with Gasteiger partial charge in [0.2, 0.25) is 0 Å². The highest BCUT2D eigenvalue weighted by Crippen LogP contribution is 2.26. The predicted octanol–water partition coefficient (Wildman–Crippen LogP) is 1.86. The maximum Gasteiger partial charge on any atom is 0.508 e. The van der Waals surface area contributed by atoms with Crippen LogP contribution in [0.3, 0.4) is 0 Å². The van der Waals surface area contributed by atoms with Gasteiger partial charge in [-0.3, -0.25) is 0 Å². The molecule has 4 heteroatoms. The quantitative estimate of drug-likeness (QED) is 0.421. The average molecular weight is 226 g/mol. The molecule has 1 saturated carbocycles. The van der Waals surface area contributed by atoms with E-state index in [0.717, 1.165) is 25.7 Å². The minimum absolute atomic E-state index is 0.0328. The standard InChI is InChI=1S/C12H18O4/c1-15-11(13)16-10-6-9-12(14)7-4-2-3-5-8-12/h14H,2-5,7-8,10H2,1H3. The zero-order valence-corrected chi connectivity index (χ0v) is 9.62. The molecule has 0 saturated heterocycles. The lowest BCUT2D eigenvalue weighted by Crippen LogP contribution is -2.25. The van der Waals surface area contributed by atoms with E-state index in [-0.39, 0.29) is 6.61 Å². The van der Waals surface area contributed by atoms with Crippen molar-refractivity contribution >= 4 is 6.16 Å². The summed E-state index contributed by atoms with van der Waals surface area (Å²) in [5.74, 6) is 5.46. The Balaban J connectivity index is 2.38. The first kappa shape index (κ1) is 12.9. The summed E-state index contributed by atoms with van der Waals surface area (Å²) >= 11 is 0. The van der Waals surface area contributed by atoms with Gasteiger partial charge in [-0.05, 0) is 25.7 Å². The molecule has 0 unspecified atom stereocenters. The number of carbonyl (C=O) groups excluding carboxylic acids is 1. The van der Waals surface area contributed by atoms with Gasteiger partial charge in [-0.15, -0.1) is 0 Å². The van der Waals surface area contributed by atoms with Crippen molar-refractivity contribution < 1.29 is 19.4 Å². The highest BCUT2D eigenvalue weighted by molar-refractivity contribution is 5.59. The van der Waals surface area contributed by atoms with Crippen LogP contribution in [-0.2, 0) is 9.47 Å². The van der Waals surface area contributed by atoms with Gasteiger partial charge in [0.25, 0.3) is 0 Å². The fourth-order valence-corrected chi connectivity index (χ4v) is 1.79. The van der Waals surface area contributed by atoms with Crippen LogP contribution in [0.5, 0.6) is 0 Å². The molecule has 0 aromatic carbocycles. The second kappa shape index (κ2) is 6.39. The third-order valence-electron chi connectivity index (χ3n) is 2.68. The molecule has 1 aliphatic rings. The van der Waals surface area contributed by atoms with Crippen molar-refractivity contribution in [3.63, 3.8) is 0 Å². The maximum atomic E-state index is 10.6. The number of ether oxygens (including phenoxy) is 2. The molecule has 1 N–H and O–H groups in total. The first-order chi connectivity index (χ1) is 7.66.